The number of hydrogen-bond donors (Lipinski definition) is 1. The zero-order chi connectivity index (χ0) is 14.4. The van der Waals surface area contributed by atoms with Gasteiger partial charge >= 0.3 is 0 Å². The van der Waals surface area contributed by atoms with Gasteiger partial charge in [-0.25, -0.2) is 0 Å². The first-order chi connectivity index (χ1) is 8.88. The van der Waals surface area contributed by atoms with Crippen molar-refractivity contribution in [3.8, 4) is 0 Å². The fourth-order valence-electron chi connectivity index (χ4n) is 2.09. The Balaban J connectivity index is 2.46. The van der Waals surface area contributed by atoms with Gasteiger partial charge < -0.3 is 10.0 Å². The van der Waals surface area contributed by atoms with E-state index in [1.165, 1.54) is 0 Å². The third-order valence-electron chi connectivity index (χ3n) is 3.19. The van der Waals surface area contributed by atoms with Crippen LogP contribution >= 0.6 is 0 Å². The number of aliphatic hydroxyl groups is 1. The topological polar surface area (TPSA) is 40.5 Å². The van der Waals surface area contributed by atoms with E-state index in [1.54, 1.807) is 6.92 Å². The van der Waals surface area contributed by atoms with Crippen LogP contribution in [0.1, 0.15) is 41.3 Å². The molecule has 0 aromatic heterocycles. The fraction of sp³-hybridized carbons (Fsp3) is 0.562. The molecule has 0 aliphatic rings. The monoisotopic (exact) mass is 263 g/mol. The zero-order valence-electron chi connectivity index (χ0n) is 12.4. The van der Waals surface area contributed by atoms with Crippen LogP contribution < -0.4 is 0 Å². The molecule has 0 fully saturated rings. The Bertz CT molecular complexity index is 407. The highest BCUT2D eigenvalue weighted by Gasteiger charge is 2.09. The molecular weight excluding hydrogens is 238 g/mol. The minimum Gasteiger partial charge on any atom is -0.393 e. The molecule has 0 amide bonds. The van der Waals surface area contributed by atoms with Gasteiger partial charge in [0.1, 0.15) is 0 Å². The Kier molecular flexibility index (Phi) is 6.19. The Morgan fingerprint density at radius 1 is 1.21 bits per heavy atom. The lowest BCUT2D eigenvalue weighted by atomic mass is 10.0. The predicted octanol–water partition coefficient (Wildman–Crippen LogP) is 2.58. The smallest absolute Gasteiger partial charge is 0.164 e. The molecule has 3 nitrogen and oxygen atoms in total. The molecule has 0 aliphatic carbocycles. The lowest BCUT2D eigenvalue weighted by Crippen LogP contribution is -2.25. The lowest BCUT2D eigenvalue weighted by molar-refractivity contribution is 0.0965. The quantitative estimate of drug-likeness (QED) is 0.769. The van der Waals surface area contributed by atoms with Gasteiger partial charge in [0, 0.05) is 25.1 Å². The minimum absolute atomic E-state index is 0.190. The van der Waals surface area contributed by atoms with Crippen molar-refractivity contribution in [3.05, 3.63) is 34.9 Å². The van der Waals surface area contributed by atoms with Crippen LogP contribution in [-0.2, 0) is 0 Å². The molecule has 0 saturated heterocycles. The summed E-state index contributed by atoms with van der Waals surface area (Å²) in [5.74, 6) is 0.190. The number of Topliss-reactive ketones (excluding diaryl/α,β-unsaturated/α-hetero) is 1. The molecule has 1 N–H and O–H groups in total. The fourth-order valence-corrected chi connectivity index (χ4v) is 2.09. The summed E-state index contributed by atoms with van der Waals surface area (Å²) in [6, 6.07) is 5.97. The lowest BCUT2D eigenvalue weighted by Gasteiger charge is -2.17. The first kappa shape index (κ1) is 15.9. The zero-order valence-corrected chi connectivity index (χ0v) is 12.4. The van der Waals surface area contributed by atoms with Gasteiger partial charge in [0.15, 0.2) is 5.78 Å². The summed E-state index contributed by atoms with van der Waals surface area (Å²) in [6.45, 7) is 7.36. The molecule has 1 aromatic rings. The molecule has 106 valence electrons. The van der Waals surface area contributed by atoms with Crippen molar-refractivity contribution in [1.82, 2.24) is 4.90 Å². The van der Waals surface area contributed by atoms with Gasteiger partial charge in [-0.05, 0) is 46.4 Å². The van der Waals surface area contributed by atoms with Gasteiger partial charge in [0.25, 0.3) is 0 Å². The van der Waals surface area contributed by atoms with E-state index in [1.807, 2.05) is 33.0 Å². The third-order valence-corrected chi connectivity index (χ3v) is 3.19. The highest BCUT2D eigenvalue weighted by molar-refractivity contribution is 5.96. The molecule has 0 radical (unpaired) electrons. The summed E-state index contributed by atoms with van der Waals surface area (Å²) in [5, 5.41) is 9.22. The molecule has 1 aromatic carbocycles. The highest BCUT2D eigenvalue weighted by atomic mass is 16.3. The van der Waals surface area contributed by atoms with Crippen LogP contribution in [0.3, 0.4) is 0 Å². The number of benzene rings is 1. The molecule has 0 bridgehead atoms. The average Bonchev–Trinajstić information content (AvgIpc) is 2.32. The number of ketones is 1. The van der Waals surface area contributed by atoms with Crippen LogP contribution in [0.2, 0.25) is 0 Å². The Morgan fingerprint density at radius 2 is 1.79 bits per heavy atom. The predicted molar refractivity (Wildman–Crippen MR) is 78.7 cm³/mol. The van der Waals surface area contributed by atoms with Crippen LogP contribution in [0, 0.1) is 13.8 Å². The maximum Gasteiger partial charge on any atom is 0.164 e. The second-order valence-electron chi connectivity index (χ2n) is 5.49. The van der Waals surface area contributed by atoms with E-state index in [9.17, 15) is 9.90 Å². The van der Waals surface area contributed by atoms with E-state index >= 15 is 0 Å². The van der Waals surface area contributed by atoms with Crippen LogP contribution in [0.15, 0.2) is 18.2 Å². The van der Waals surface area contributed by atoms with Crippen molar-refractivity contribution >= 4 is 5.78 Å². The molecule has 1 rings (SSSR count). The van der Waals surface area contributed by atoms with Crippen molar-refractivity contribution < 1.29 is 9.90 Å². The molecule has 0 saturated carbocycles. The second-order valence-corrected chi connectivity index (χ2v) is 5.49. The molecular formula is C16H25NO2. The summed E-state index contributed by atoms with van der Waals surface area (Å²) < 4.78 is 0. The van der Waals surface area contributed by atoms with Gasteiger partial charge in [0.2, 0.25) is 0 Å². The average molecular weight is 263 g/mol. The Morgan fingerprint density at radius 3 is 2.32 bits per heavy atom. The Labute approximate surface area is 116 Å². The normalized spacial score (nSPS) is 12.7. The molecule has 0 spiro atoms. The number of aryl methyl sites for hydroxylation is 2. The maximum atomic E-state index is 12.1. The molecule has 1 atom stereocenters. The van der Waals surface area contributed by atoms with E-state index in [0.29, 0.717) is 6.42 Å². The minimum atomic E-state index is -0.280. The van der Waals surface area contributed by atoms with Crippen molar-refractivity contribution in [3.63, 3.8) is 0 Å². The van der Waals surface area contributed by atoms with E-state index < -0.39 is 0 Å². The van der Waals surface area contributed by atoms with E-state index in [0.717, 1.165) is 36.2 Å². The van der Waals surface area contributed by atoms with Gasteiger partial charge in [-0.1, -0.05) is 17.2 Å². The number of carbonyl (C=O) groups is 1. The van der Waals surface area contributed by atoms with Crippen molar-refractivity contribution in [2.45, 2.75) is 39.7 Å². The third kappa shape index (κ3) is 5.99. The summed E-state index contributed by atoms with van der Waals surface area (Å²) in [7, 11) is 1.98. The van der Waals surface area contributed by atoms with Gasteiger partial charge in [-0.3, -0.25) is 4.79 Å². The number of nitrogens with zero attached hydrogens (tertiary/aromatic N) is 1. The molecule has 19 heavy (non-hydrogen) atoms. The number of hydrogen-bond acceptors (Lipinski definition) is 3. The second kappa shape index (κ2) is 7.41. The van der Waals surface area contributed by atoms with Crippen LogP contribution in [0.25, 0.3) is 0 Å². The number of rotatable bonds is 7. The molecule has 1 unspecified atom stereocenters. The highest BCUT2D eigenvalue weighted by Crippen LogP contribution is 2.11. The SMILES string of the molecule is Cc1cc(C)cc(C(=O)CCN(C)CCC(C)O)c1. The first-order valence-corrected chi connectivity index (χ1v) is 6.86. The summed E-state index contributed by atoms with van der Waals surface area (Å²) >= 11 is 0. The van der Waals surface area contributed by atoms with E-state index in [-0.39, 0.29) is 11.9 Å². The Hall–Kier alpha value is -1.19. The van der Waals surface area contributed by atoms with Crippen molar-refractivity contribution in [2.75, 3.05) is 20.1 Å². The van der Waals surface area contributed by atoms with Crippen molar-refractivity contribution in [2.24, 2.45) is 0 Å². The summed E-state index contributed by atoms with van der Waals surface area (Å²) in [6.07, 6.45) is 0.991. The largest absolute Gasteiger partial charge is 0.393 e. The maximum absolute atomic E-state index is 12.1. The molecule has 0 heterocycles. The molecule has 3 heteroatoms. The van der Waals surface area contributed by atoms with Crippen LogP contribution in [0.4, 0.5) is 0 Å². The summed E-state index contributed by atoms with van der Waals surface area (Å²) in [5.41, 5.74) is 3.07. The van der Waals surface area contributed by atoms with E-state index in [4.69, 9.17) is 0 Å². The van der Waals surface area contributed by atoms with Gasteiger partial charge in [-0.2, -0.15) is 0 Å². The van der Waals surface area contributed by atoms with E-state index in [2.05, 4.69) is 11.0 Å². The standard InChI is InChI=1S/C16H25NO2/c1-12-9-13(2)11-15(10-12)16(19)6-8-17(4)7-5-14(3)18/h9-11,14,18H,5-8H2,1-4H3. The van der Waals surface area contributed by atoms with Gasteiger partial charge in [-0.15, -0.1) is 0 Å². The summed E-state index contributed by atoms with van der Waals surface area (Å²) in [4.78, 5) is 14.2. The first-order valence-electron chi connectivity index (χ1n) is 6.86. The van der Waals surface area contributed by atoms with Crippen molar-refractivity contribution in [1.29, 1.82) is 0 Å². The van der Waals surface area contributed by atoms with Crippen LogP contribution in [0.5, 0.6) is 0 Å². The van der Waals surface area contributed by atoms with Crippen LogP contribution in [-0.4, -0.2) is 42.0 Å². The number of aliphatic hydroxyl groups excluding tert-OH is 1. The molecule has 0 aliphatic heterocycles. The number of carbonyl (C=O) groups excluding carboxylic acids is 1. The van der Waals surface area contributed by atoms with Gasteiger partial charge in [0.05, 0.1) is 6.10 Å².